The quantitative estimate of drug-likeness (QED) is 0.294. The number of furan rings is 1. The number of amides is 1. The Labute approximate surface area is 189 Å². The van der Waals surface area contributed by atoms with E-state index in [4.69, 9.17) is 9.15 Å². The minimum atomic E-state index is -0.298. The predicted octanol–water partition coefficient (Wildman–Crippen LogP) is 4.16. The van der Waals surface area contributed by atoms with Crippen molar-refractivity contribution in [2.24, 2.45) is 4.99 Å². The molecule has 2 rings (SSSR count). The van der Waals surface area contributed by atoms with E-state index >= 15 is 0 Å². The third-order valence-electron chi connectivity index (χ3n) is 3.39. The molecule has 2 aromatic rings. The first-order valence-corrected chi connectivity index (χ1v) is 9.37. The van der Waals surface area contributed by atoms with Gasteiger partial charge in [0, 0.05) is 11.2 Å². The van der Waals surface area contributed by atoms with Crippen LogP contribution in [0.5, 0.6) is 5.75 Å². The molecule has 0 saturated heterocycles. The summed E-state index contributed by atoms with van der Waals surface area (Å²) in [6.45, 7) is 10.2. The van der Waals surface area contributed by atoms with E-state index < -0.39 is 0 Å². The number of nitrogens with zero attached hydrogens (tertiary/aromatic N) is 1. The summed E-state index contributed by atoms with van der Waals surface area (Å²) in [5.74, 6) is 1.91. The molecule has 0 fully saturated rings. The second kappa shape index (κ2) is 11.7. The van der Waals surface area contributed by atoms with Crippen molar-refractivity contribution in [3.63, 3.8) is 0 Å². The van der Waals surface area contributed by atoms with Gasteiger partial charge in [-0.3, -0.25) is 4.79 Å². The van der Waals surface area contributed by atoms with Crippen LogP contribution < -0.4 is 20.7 Å². The maximum Gasteiger partial charge on any atom is 0.242 e. The van der Waals surface area contributed by atoms with Crippen molar-refractivity contribution in [3.8, 4) is 5.75 Å². The molecular weight excluding hydrogens is 483 g/mol. The monoisotopic (exact) mass is 514 g/mol. The zero-order valence-corrected chi connectivity index (χ0v) is 19.9. The van der Waals surface area contributed by atoms with Crippen LogP contribution in [0.15, 0.2) is 52.1 Å². The number of anilines is 1. The number of hydrogen-bond donors (Lipinski definition) is 3. The second-order valence-electron chi connectivity index (χ2n) is 7.71. The predicted molar refractivity (Wildman–Crippen MR) is 127 cm³/mol. The molecule has 7 nitrogen and oxygen atoms in total. The minimum absolute atomic E-state index is 0. The summed E-state index contributed by atoms with van der Waals surface area (Å²) in [4.78, 5) is 16.5. The van der Waals surface area contributed by atoms with Gasteiger partial charge in [-0.25, -0.2) is 4.99 Å². The third-order valence-corrected chi connectivity index (χ3v) is 3.39. The first-order chi connectivity index (χ1) is 13.2. The van der Waals surface area contributed by atoms with Crippen molar-refractivity contribution in [3.05, 3.63) is 48.4 Å². The van der Waals surface area contributed by atoms with Gasteiger partial charge in [-0.2, -0.15) is 0 Å². The van der Waals surface area contributed by atoms with Crippen LogP contribution in [0.25, 0.3) is 0 Å². The van der Waals surface area contributed by atoms with Gasteiger partial charge in [-0.05, 0) is 71.0 Å². The number of nitrogens with one attached hydrogen (secondary N) is 3. The van der Waals surface area contributed by atoms with Crippen LogP contribution >= 0.6 is 24.0 Å². The highest BCUT2D eigenvalue weighted by Gasteiger charge is 2.13. The van der Waals surface area contributed by atoms with Gasteiger partial charge in [0.2, 0.25) is 5.91 Å². The number of benzene rings is 1. The lowest BCUT2D eigenvalue weighted by molar-refractivity contribution is -0.121. The Bertz CT molecular complexity index is 766. The molecule has 160 valence electrons. The number of halogens is 1. The Hall–Kier alpha value is -2.23. The van der Waals surface area contributed by atoms with Gasteiger partial charge in [0.05, 0.1) is 18.9 Å². The van der Waals surface area contributed by atoms with Crippen LogP contribution in [-0.4, -0.2) is 30.1 Å². The third kappa shape index (κ3) is 10.2. The fourth-order valence-electron chi connectivity index (χ4n) is 2.36. The molecule has 0 aliphatic carbocycles. The van der Waals surface area contributed by atoms with Gasteiger partial charge in [0.1, 0.15) is 18.1 Å². The number of rotatable bonds is 7. The van der Waals surface area contributed by atoms with Gasteiger partial charge in [-0.15, -0.1) is 24.0 Å². The molecule has 29 heavy (non-hydrogen) atoms. The van der Waals surface area contributed by atoms with E-state index in [2.05, 4.69) is 20.9 Å². The average Bonchev–Trinajstić information content (AvgIpc) is 3.10. The molecule has 8 heteroatoms. The van der Waals surface area contributed by atoms with Gasteiger partial charge >= 0.3 is 0 Å². The SMILES string of the molecule is CC(C)Oc1ccc(NC(=NCC(=O)NC(C)(C)C)NCc2ccco2)cc1.I. The largest absolute Gasteiger partial charge is 0.491 e. The summed E-state index contributed by atoms with van der Waals surface area (Å²) in [6, 6.07) is 11.3. The molecule has 1 aromatic heterocycles. The van der Waals surface area contributed by atoms with Gasteiger partial charge < -0.3 is 25.1 Å². The van der Waals surface area contributed by atoms with E-state index in [0.717, 1.165) is 17.2 Å². The van der Waals surface area contributed by atoms with Crippen molar-refractivity contribution in [1.82, 2.24) is 10.6 Å². The van der Waals surface area contributed by atoms with Gasteiger partial charge in [0.25, 0.3) is 0 Å². The first-order valence-electron chi connectivity index (χ1n) is 9.37. The minimum Gasteiger partial charge on any atom is -0.491 e. The molecule has 0 radical (unpaired) electrons. The summed E-state index contributed by atoms with van der Waals surface area (Å²) in [6.07, 6.45) is 1.73. The van der Waals surface area contributed by atoms with Crippen LogP contribution in [0.3, 0.4) is 0 Å². The number of carbonyl (C=O) groups is 1. The van der Waals surface area contributed by atoms with Gasteiger partial charge in [0.15, 0.2) is 5.96 Å². The summed E-state index contributed by atoms with van der Waals surface area (Å²) in [7, 11) is 0. The van der Waals surface area contributed by atoms with Crippen molar-refractivity contribution < 1.29 is 13.9 Å². The molecule has 0 spiro atoms. The average molecular weight is 514 g/mol. The molecule has 0 aliphatic heterocycles. The van der Waals surface area contributed by atoms with E-state index in [1.54, 1.807) is 6.26 Å². The lowest BCUT2D eigenvalue weighted by atomic mass is 10.1. The zero-order chi connectivity index (χ0) is 20.6. The van der Waals surface area contributed by atoms with E-state index in [1.807, 2.05) is 71.0 Å². The van der Waals surface area contributed by atoms with Crippen molar-refractivity contribution in [1.29, 1.82) is 0 Å². The van der Waals surface area contributed by atoms with Crippen molar-refractivity contribution in [2.75, 3.05) is 11.9 Å². The first kappa shape index (κ1) is 24.8. The number of ether oxygens (including phenoxy) is 1. The molecule has 0 unspecified atom stereocenters. The van der Waals surface area contributed by atoms with Crippen molar-refractivity contribution in [2.45, 2.75) is 52.8 Å². The van der Waals surface area contributed by atoms with Crippen LogP contribution in [-0.2, 0) is 11.3 Å². The van der Waals surface area contributed by atoms with Crippen LogP contribution in [0, 0.1) is 0 Å². The van der Waals surface area contributed by atoms with Crippen LogP contribution in [0.4, 0.5) is 5.69 Å². The molecule has 0 saturated carbocycles. The van der Waals surface area contributed by atoms with E-state index in [9.17, 15) is 4.79 Å². The zero-order valence-electron chi connectivity index (χ0n) is 17.6. The molecule has 1 aromatic carbocycles. The lowest BCUT2D eigenvalue weighted by Crippen LogP contribution is -2.42. The Morgan fingerprint density at radius 3 is 2.41 bits per heavy atom. The van der Waals surface area contributed by atoms with E-state index in [0.29, 0.717) is 12.5 Å². The molecular formula is C21H31IN4O3. The smallest absolute Gasteiger partial charge is 0.242 e. The molecule has 1 amide bonds. The van der Waals surface area contributed by atoms with Crippen LogP contribution in [0.1, 0.15) is 40.4 Å². The summed E-state index contributed by atoms with van der Waals surface area (Å²) in [5, 5.41) is 9.27. The van der Waals surface area contributed by atoms with Crippen LogP contribution in [0.2, 0.25) is 0 Å². The number of aliphatic imine (C=N–C) groups is 1. The standard InChI is InChI=1S/C21H30N4O3.HI/c1-15(2)28-17-10-8-16(9-11-17)24-20(22-13-18-7-6-12-27-18)23-14-19(26)25-21(3,4)5;/h6-12,15H,13-14H2,1-5H3,(H,25,26)(H2,22,23,24);1H. The summed E-state index contributed by atoms with van der Waals surface area (Å²) in [5.41, 5.74) is 0.534. The maximum atomic E-state index is 12.1. The molecule has 3 N–H and O–H groups in total. The Kier molecular flexibility index (Phi) is 10.0. The van der Waals surface area contributed by atoms with Gasteiger partial charge in [-0.1, -0.05) is 0 Å². The Morgan fingerprint density at radius 1 is 1.17 bits per heavy atom. The fourth-order valence-corrected chi connectivity index (χ4v) is 2.36. The highest BCUT2D eigenvalue weighted by molar-refractivity contribution is 14.0. The topological polar surface area (TPSA) is 87.9 Å². The molecule has 0 bridgehead atoms. The molecule has 0 aliphatic rings. The fraction of sp³-hybridized carbons (Fsp3) is 0.429. The Balaban J connectivity index is 0.00000420. The molecule has 0 atom stereocenters. The number of hydrogen-bond acceptors (Lipinski definition) is 4. The lowest BCUT2D eigenvalue weighted by Gasteiger charge is -2.20. The number of carbonyl (C=O) groups excluding carboxylic acids is 1. The van der Waals surface area contributed by atoms with E-state index in [1.165, 1.54) is 0 Å². The summed E-state index contributed by atoms with van der Waals surface area (Å²) >= 11 is 0. The highest BCUT2D eigenvalue weighted by atomic mass is 127. The Morgan fingerprint density at radius 2 is 1.86 bits per heavy atom. The summed E-state index contributed by atoms with van der Waals surface area (Å²) < 4.78 is 11.0. The second-order valence-corrected chi connectivity index (χ2v) is 7.71. The maximum absolute atomic E-state index is 12.1. The van der Waals surface area contributed by atoms with E-state index in [-0.39, 0.29) is 48.1 Å². The number of guanidine groups is 1. The highest BCUT2D eigenvalue weighted by Crippen LogP contribution is 2.17. The van der Waals surface area contributed by atoms with Crippen molar-refractivity contribution >= 4 is 41.5 Å². The normalized spacial score (nSPS) is 11.6. The molecule has 1 heterocycles.